The molecule has 0 aliphatic carbocycles. The van der Waals surface area contributed by atoms with E-state index in [2.05, 4.69) is 5.32 Å². The molecule has 0 aliphatic heterocycles. The van der Waals surface area contributed by atoms with E-state index >= 15 is 0 Å². The lowest BCUT2D eigenvalue weighted by atomic mass is 10.1. The van der Waals surface area contributed by atoms with E-state index in [0.717, 1.165) is 35.4 Å². The molecule has 0 aromatic heterocycles. The monoisotopic (exact) mass is 555 g/mol. The molecule has 0 spiro atoms. The number of unbranched alkanes of at least 4 members (excludes halogenated alkanes) is 1. The van der Waals surface area contributed by atoms with Crippen molar-refractivity contribution in [2.45, 2.75) is 59.0 Å². The maximum absolute atomic E-state index is 13.7. The number of hydrogen-bond acceptors (Lipinski definition) is 4. The quantitative estimate of drug-likeness (QED) is 0.350. The summed E-state index contributed by atoms with van der Waals surface area (Å²) < 4.78 is 26.4. The summed E-state index contributed by atoms with van der Waals surface area (Å²) in [5, 5.41) is 3.60. The van der Waals surface area contributed by atoms with Crippen LogP contribution in [-0.4, -0.2) is 50.5 Å². The van der Waals surface area contributed by atoms with Gasteiger partial charge < -0.3 is 10.2 Å². The zero-order chi connectivity index (χ0) is 26.9. The maximum Gasteiger partial charge on any atom is 0.244 e. The Labute approximate surface area is 224 Å². The predicted octanol–water partition coefficient (Wildman–Crippen LogP) is 5.05. The van der Waals surface area contributed by atoms with Crippen molar-refractivity contribution in [2.24, 2.45) is 0 Å². The number of carbonyl (C=O) groups excluding carboxylic acids is 2. The van der Waals surface area contributed by atoms with Gasteiger partial charge >= 0.3 is 0 Å². The first kappa shape index (κ1) is 29.9. The summed E-state index contributed by atoms with van der Waals surface area (Å²) in [7, 11) is -3.79. The predicted molar refractivity (Wildman–Crippen MR) is 147 cm³/mol. The molecule has 1 unspecified atom stereocenters. The van der Waals surface area contributed by atoms with Crippen LogP contribution in [0.15, 0.2) is 42.5 Å². The summed E-state index contributed by atoms with van der Waals surface area (Å²) in [6, 6.07) is 11.2. The third-order valence-corrected chi connectivity index (χ3v) is 7.77. The first-order valence-electron chi connectivity index (χ1n) is 12.1. The van der Waals surface area contributed by atoms with Gasteiger partial charge in [-0.3, -0.25) is 13.9 Å². The van der Waals surface area contributed by atoms with Crippen LogP contribution in [0.1, 0.15) is 51.2 Å². The first-order valence-corrected chi connectivity index (χ1v) is 14.7. The van der Waals surface area contributed by atoms with Gasteiger partial charge in [-0.05, 0) is 49.1 Å². The van der Waals surface area contributed by atoms with Gasteiger partial charge in [0, 0.05) is 28.7 Å². The molecule has 0 fully saturated rings. The highest BCUT2D eigenvalue weighted by atomic mass is 35.5. The lowest BCUT2D eigenvalue weighted by Gasteiger charge is -2.33. The average molecular weight is 557 g/mol. The molecule has 7 nitrogen and oxygen atoms in total. The van der Waals surface area contributed by atoms with Gasteiger partial charge in [0.25, 0.3) is 0 Å². The molecule has 2 aromatic rings. The fraction of sp³-hybridized carbons (Fsp3) is 0.462. The lowest BCUT2D eigenvalue weighted by Crippen LogP contribution is -2.52. The highest BCUT2D eigenvalue weighted by Gasteiger charge is 2.32. The van der Waals surface area contributed by atoms with E-state index in [4.69, 9.17) is 23.2 Å². The van der Waals surface area contributed by atoms with Crippen LogP contribution in [0.2, 0.25) is 10.0 Å². The molecule has 1 N–H and O–H groups in total. The van der Waals surface area contributed by atoms with Gasteiger partial charge in [-0.15, -0.1) is 0 Å². The topological polar surface area (TPSA) is 86.8 Å². The smallest absolute Gasteiger partial charge is 0.244 e. The lowest BCUT2D eigenvalue weighted by molar-refractivity contribution is -0.140. The van der Waals surface area contributed by atoms with Gasteiger partial charge in [-0.1, -0.05) is 68.6 Å². The van der Waals surface area contributed by atoms with Crippen LogP contribution in [-0.2, 0) is 32.6 Å². The van der Waals surface area contributed by atoms with E-state index in [1.807, 2.05) is 26.0 Å². The molecule has 0 saturated carbocycles. The number of carbonyl (C=O) groups is 2. The normalized spacial score (nSPS) is 12.2. The van der Waals surface area contributed by atoms with Gasteiger partial charge in [-0.25, -0.2) is 8.42 Å². The summed E-state index contributed by atoms with van der Waals surface area (Å²) in [6.45, 7) is 5.80. The third-order valence-electron chi connectivity index (χ3n) is 5.92. The number of rotatable bonds is 13. The van der Waals surface area contributed by atoms with Gasteiger partial charge in [0.15, 0.2) is 0 Å². The number of halogens is 2. The fourth-order valence-electron chi connectivity index (χ4n) is 3.79. The largest absolute Gasteiger partial charge is 0.354 e. The number of nitrogens with one attached hydrogen (secondary N) is 1. The summed E-state index contributed by atoms with van der Waals surface area (Å²) >= 11 is 12.8. The third kappa shape index (κ3) is 8.11. The Morgan fingerprint density at radius 2 is 1.61 bits per heavy atom. The molecule has 2 amide bonds. The highest BCUT2D eigenvalue weighted by molar-refractivity contribution is 7.92. The molecule has 2 aromatic carbocycles. The summed E-state index contributed by atoms with van der Waals surface area (Å²) in [5.41, 5.74) is 1.91. The van der Waals surface area contributed by atoms with Crippen molar-refractivity contribution in [3.8, 4) is 0 Å². The summed E-state index contributed by atoms with van der Waals surface area (Å²) in [6.07, 6.45) is 3.90. The SMILES string of the molecule is CCCCNC(=O)C(CC)N(Cc1c(Cl)cccc1Cl)C(=O)CN(c1ccc(CC)cc1)S(C)(=O)=O. The van der Waals surface area contributed by atoms with E-state index in [-0.39, 0.29) is 12.5 Å². The molecule has 0 saturated heterocycles. The number of anilines is 1. The molecule has 36 heavy (non-hydrogen) atoms. The van der Waals surface area contributed by atoms with Gasteiger partial charge in [-0.2, -0.15) is 0 Å². The number of amides is 2. The molecule has 10 heteroatoms. The summed E-state index contributed by atoms with van der Waals surface area (Å²) in [5.74, 6) is -0.839. The van der Waals surface area contributed by atoms with Crippen molar-refractivity contribution in [3.63, 3.8) is 0 Å². The number of aryl methyl sites for hydroxylation is 1. The van der Waals surface area contributed by atoms with E-state index in [0.29, 0.717) is 34.3 Å². The van der Waals surface area contributed by atoms with Crippen LogP contribution in [0.4, 0.5) is 5.69 Å². The molecule has 198 valence electrons. The van der Waals surface area contributed by atoms with Crippen LogP contribution in [0.5, 0.6) is 0 Å². The van der Waals surface area contributed by atoms with Gasteiger partial charge in [0.2, 0.25) is 21.8 Å². The minimum absolute atomic E-state index is 0.0383. The fourth-order valence-corrected chi connectivity index (χ4v) is 5.16. The van der Waals surface area contributed by atoms with E-state index < -0.39 is 28.5 Å². The van der Waals surface area contributed by atoms with Crippen molar-refractivity contribution in [1.82, 2.24) is 10.2 Å². The second-order valence-electron chi connectivity index (χ2n) is 8.58. The standard InChI is InChI=1S/C26H35Cl2N3O4S/c1-5-8-16-29-26(33)24(7-3)30(17-21-22(27)10-9-11-23(21)28)25(32)18-31(36(4,34)35)20-14-12-19(6-2)13-15-20/h9-15,24H,5-8,16-18H2,1-4H3,(H,29,33). The summed E-state index contributed by atoms with van der Waals surface area (Å²) in [4.78, 5) is 28.2. The Kier molecular flexibility index (Phi) is 11.5. The molecule has 0 heterocycles. The van der Waals surface area contributed by atoms with Gasteiger partial charge in [0.1, 0.15) is 12.6 Å². The zero-order valence-corrected chi connectivity index (χ0v) is 23.6. The van der Waals surface area contributed by atoms with E-state index in [1.165, 1.54) is 4.90 Å². The molecule has 2 rings (SSSR count). The Morgan fingerprint density at radius 3 is 2.11 bits per heavy atom. The van der Waals surface area contributed by atoms with E-state index in [1.54, 1.807) is 37.3 Å². The number of hydrogen-bond donors (Lipinski definition) is 1. The second kappa shape index (κ2) is 13.9. The van der Waals surface area contributed by atoms with E-state index in [9.17, 15) is 18.0 Å². The van der Waals surface area contributed by atoms with Crippen molar-refractivity contribution in [2.75, 3.05) is 23.7 Å². The zero-order valence-electron chi connectivity index (χ0n) is 21.3. The van der Waals surface area contributed by atoms with Crippen molar-refractivity contribution < 1.29 is 18.0 Å². The molecular weight excluding hydrogens is 521 g/mol. The number of nitrogens with zero attached hydrogens (tertiary/aromatic N) is 2. The Balaban J connectivity index is 2.45. The minimum Gasteiger partial charge on any atom is -0.354 e. The Morgan fingerprint density at radius 1 is 1.00 bits per heavy atom. The Hall–Kier alpha value is -2.29. The van der Waals surface area contributed by atoms with Crippen LogP contribution in [0, 0.1) is 0 Å². The molecule has 0 bridgehead atoms. The van der Waals surface area contributed by atoms with Crippen LogP contribution in [0.3, 0.4) is 0 Å². The van der Waals surface area contributed by atoms with Crippen LogP contribution >= 0.6 is 23.2 Å². The number of sulfonamides is 1. The highest BCUT2D eigenvalue weighted by Crippen LogP contribution is 2.27. The molecule has 0 aliphatic rings. The van der Waals surface area contributed by atoms with Crippen molar-refractivity contribution in [1.29, 1.82) is 0 Å². The maximum atomic E-state index is 13.7. The molecular formula is C26H35Cl2N3O4S. The van der Waals surface area contributed by atoms with Crippen molar-refractivity contribution in [3.05, 3.63) is 63.6 Å². The van der Waals surface area contributed by atoms with Crippen LogP contribution < -0.4 is 9.62 Å². The number of benzene rings is 2. The van der Waals surface area contributed by atoms with Crippen molar-refractivity contribution >= 4 is 50.7 Å². The van der Waals surface area contributed by atoms with Gasteiger partial charge in [0.05, 0.1) is 11.9 Å². The second-order valence-corrected chi connectivity index (χ2v) is 11.3. The first-order chi connectivity index (χ1) is 17.0. The minimum atomic E-state index is -3.79. The van der Waals surface area contributed by atoms with Crippen LogP contribution in [0.25, 0.3) is 0 Å². The molecule has 0 radical (unpaired) electrons. The average Bonchev–Trinajstić information content (AvgIpc) is 2.83. The Bertz CT molecular complexity index is 1120. The molecule has 1 atom stereocenters.